The van der Waals surface area contributed by atoms with Gasteiger partial charge >= 0.3 is 6.03 Å². The van der Waals surface area contributed by atoms with E-state index in [2.05, 4.69) is 31.4 Å². The average Bonchev–Trinajstić information content (AvgIpc) is 3.26. The van der Waals surface area contributed by atoms with Gasteiger partial charge in [0.25, 0.3) is 0 Å². The maximum Gasteiger partial charge on any atom is 0.318 e. The van der Waals surface area contributed by atoms with Gasteiger partial charge in [0, 0.05) is 18.3 Å². The van der Waals surface area contributed by atoms with Crippen molar-refractivity contribution in [2.45, 2.75) is 65.0 Å². The van der Waals surface area contributed by atoms with Gasteiger partial charge in [0.05, 0.1) is 0 Å². The molecule has 0 aromatic heterocycles. The van der Waals surface area contributed by atoms with Gasteiger partial charge in [0.2, 0.25) is 5.91 Å². The molecule has 27 heavy (non-hydrogen) atoms. The molecule has 146 valence electrons. The number of carbonyl (C=O) groups excluding carboxylic acids is 2. The van der Waals surface area contributed by atoms with Crippen molar-refractivity contribution in [2.24, 2.45) is 16.7 Å². The van der Waals surface area contributed by atoms with E-state index in [1.807, 2.05) is 30.3 Å². The zero-order chi connectivity index (χ0) is 19.2. The number of hydrogen-bond acceptors (Lipinski definition) is 2. The first-order chi connectivity index (χ1) is 12.8. The Hall–Kier alpha value is -2.04. The van der Waals surface area contributed by atoms with E-state index in [1.54, 1.807) is 4.90 Å². The van der Waals surface area contributed by atoms with Crippen molar-refractivity contribution < 1.29 is 9.59 Å². The third kappa shape index (κ3) is 2.91. The van der Waals surface area contributed by atoms with Crippen molar-refractivity contribution in [3.63, 3.8) is 0 Å². The molecule has 0 spiro atoms. The van der Waals surface area contributed by atoms with Crippen molar-refractivity contribution in [1.82, 2.24) is 10.2 Å². The first-order valence-corrected chi connectivity index (χ1v) is 10.3. The molecule has 2 N–H and O–H groups in total. The summed E-state index contributed by atoms with van der Waals surface area (Å²) >= 11 is 0. The molecule has 2 bridgehead atoms. The molecule has 5 heteroatoms. The Kier molecular flexibility index (Phi) is 4.44. The van der Waals surface area contributed by atoms with E-state index < -0.39 is 0 Å². The molecule has 1 saturated heterocycles. The van der Waals surface area contributed by atoms with Crippen LogP contribution in [0.15, 0.2) is 30.3 Å². The predicted octanol–water partition coefficient (Wildman–Crippen LogP) is 4.01. The number of amides is 3. The van der Waals surface area contributed by atoms with Crippen LogP contribution in [-0.4, -0.2) is 35.5 Å². The summed E-state index contributed by atoms with van der Waals surface area (Å²) in [4.78, 5) is 27.5. The highest BCUT2D eigenvalue weighted by Crippen LogP contribution is 2.65. The van der Waals surface area contributed by atoms with Crippen LogP contribution < -0.4 is 10.6 Å². The van der Waals surface area contributed by atoms with Crippen LogP contribution in [0.25, 0.3) is 0 Å². The van der Waals surface area contributed by atoms with E-state index in [4.69, 9.17) is 0 Å². The Balaban J connectivity index is 1.42. The van der Waals surface area contributed by atoms with Gasteiger partial charge in [-0.05, 0) is 61.0 Å². The second-order valence-corrected chi connectivity index (χ2v) is 9.32. The number of para-hydroxylation sites is 1. The Morgan fingerprint density at radius 2 is 1.85 bits per heavy atom. The van der Waals surface area contributed by atoms with E-state index in [-0.39, 0.29) is 34.9 Å². The number of nitrogens with one attached hydrogen (secondary N) is 2. The molecule has 1 aromatic rings. The van der Waals surface area contributed by atoms with Crippen molar-refractivity contribution in [2.75, 3.05) is 11.9 Å². The van der Waals surface area contributed by atoms with E-state index >= 15 is 0 Å². The molecular weight excluding hydrogens is 338 g/mol. The molecule has 5 nitrogen and oxygen atoms in total. The molecule has 1 aliphatic heterocycles. The SMILES string of the molecule is CC1(C)[C@H]2CC[C@@]1(C)[C@H](NC(=O)N1CCC[C@@H]1C(=O)Nc1ccccc1)C2. The van der Waals surface area contributed by atoms with Crippen LogP contribution in [0.1, 0.15) is 52.9 Å². The summed E-state index contributed by atoms with van der Waals surface area (Å²) in [7, 11) is 0. The molecule has 3 amide bonds. The zero-order valence-electron chi connectivity index (χ0n) is 16.6. The van der Waals surface area contributed by atoms with E-state index in [0.717, 1.165) is 24.9 Å². The van der Waals surface area contributed by atoms with Crippen molar-refractivity contribution in [1.29, 1.82) is 0 Å². The third-order valence-corrected chi connectivity index (χ3v) is 7.95. The lowest BCUT2D eigenvalue weighted by molar-refractivity contribution is -0.119. The Labute approximate surface area is 161 Å². The quantitative estimate of drug-likeness (QED) is 0.845. The van der Waals surface area contributed by atoms with E-state index in [1.165, 1.54) is 12.8 Å². The smallest absolute Gasteiger partial charge is 0.318 e. The number of carbonyl (C=O) groups is 2. The number of fused-ring (bicyclic) bond motifs is 2. The molecule has 2 saturated carbocycles. The molecule has 4 atom stereocenters. The number of benzene rings is 1. The average molecular weight is 370 g/mol. The summed E-state index contributed by atoms with van der Waals surface area (Å²) in [5.41, 5.74) is 1.19. The summed E-state index contributed by atoms with van der Waals surface area (Å²) in [6.07, 6.45) is 5.09. The highest BCUT2D eigenvalue weighted by molar-refractivity contribution is 5.97. The fraction of sp³-hybridized carbons (Fsp3) is 0.636. The first kappa shape index (κ1) is 18.3. The van der Waals surface area contributed by atoms with Crippen LogP contribution in [0.3, 0.4) is 0 Å². The van der Waals surface area contributed by atoms with Crippen molar-refractivity contribution >= 4 is 17.6 Å². The number of likely N-dealkylation sites (tertiary alicyclic amines) is 1. The van der Waals surface area contributed by atoms with Gasteiger partial charge in [-0.15, -0.1) is 0 Å². The van der Waals surface area contributed by atoms with Crippen LogP contribution in [-0.2, 0) is 4.79 Å². The highest BCUT2D eigenvalue weighted by Gasteiger charge is 2.61. The molecule has 0 radical (unpaired) electrons. The van der Waals surface area contributed by atoms with Crippen molar-refractivity contribution in [3.8, 4) is 0 Å². The monoisotopic (exact) mass is 369 g/mol. The lowest BCUT2D eigenvalue weighted by Crippen LogP contribution is -2.54. The minimum atomic E-state index is -0.385. The lowest BCUT2D eigenvalue weighted by atomic mass is 9.69. The van der Waals surface area contributed by atoms with Crippen LogP contribution in [0.2, 0.25) is 0 Å². The maximum absolute atomic E-state index is 13.0. The van der Waals surface area contributed by atoms with Gasteiger partial charge in [-0.3, -0.25) is 4.79 Å². The summed E-state index contributed by atoms with van der Waals surface area (Å²) in [5.74, 6) is 0.594. The summed E-state index contributed by atoms with van der Waals surface area (Å²) in [5, 5.41) is 6.25. The predicted molar refractivity (Wildman–Crippen MR) is 106 cm³/mol. The molecule has 4 rings (SSSR count). The Morgan fingerprint density at radius 3 is 2.48 bits per heavy atom. The fourth-order valence-electron chi connectivity index (χ4n) is 5.68. The largest absolute Gasteiger partial charge is 0.335 e. The third-order valence-electron chi connectivity index (χ3n) is 7.95. The van der Waals surface area contributed by atoms with Gasteiger partial charge in [0.1, 0.15) is 6.04 Å². The maximum atomic E-state index is 13.0. The normalized spacial score (nSPS) is 33.9. The Bertz CT molecular complexity index is 732. The number of nitrogens with zero attached hydrogens (tertiary/aromatic N) is 1. The number of rotatable bonds is 3. The van der Waals surface area contributed by atoms with Gasteiger partial charge < -0.3 is 15.5 Å². The van der Waals surface area contributed by atoms with Crippen molar-refractivity contribution in [3.05, 3.63) is 30.3 Å². The second-order valence-electron chi connectivity index (χ2n) is 9.32. The van der Waals surface area contributed by atoms with E-state index in [0.29, 0.717) is 12.5 Å². The molecule has 1 heterocycles. The van der Waals surface area contributed by atoms with Crippen LogP contribution in [0, 0.1) is 16.7 Å². The fourth-order valence-corrected chi connectivity index (χ4v) is 5.68. The summed E-state index contributed by atoms with van der Waals surface area (Å²) in [6.45, 7) is 7.68. The molecule has 0 unspecified atom stereocenters. The first-order valence-electron chi connectivity index (χ1n) is 10.3. The van der Waals surface area contributed by atoms with E-state index in [9.17, 15) is 9.59 Å². The zero-order valence-corrected chi connectivity index (χ0v) is 16.6. The molecule has 1 aromatic carbocycles. The van der Waals surface area contributed by atoms with Gasteiger partial charge in [0.15, 0.2) is 0 Å². The standard InChI is InChI=1S/C22H31N3O2/c1-21(2)15-11-12-22(21,3)18(14-15)24-20(27)25-13-7-10-17(25)19(26)23-16-8-5-4-6-9-16/h4-6,8-9,15,17-18H,7,10-14H2,1-3H3,(H,23,26)(H,24,27)/t15-,17+,18+,22-/m0/s1. The lowest BCUT2D eigenvalue weighted by Gasteiger charge is -2.40. The minimum absolute atomic E-state index is 0.0738. The number of urea groups is 1. The number of anilines is 1. The summed E-state index contributed by atoms with van der Waals surface area (Å²) in [6, 6.07) is 9.20. The van der Waals surface area contributed by atoms with Crippen LogP contribution >= 0.6 is 0 Å². The number of hydrogen-bond donors (Lipinski definition) is 2. The Morgan fingerprint density at radius 1 is 1.11 bits per heavy atom. The molecule has 3 aliphatic rings. The van der Waals surface area contributed by atoms with Crippen LogP contribution in [0.5, 0.6) is 0 Å². The minimum Gasteiger partial charge on any atom is -0.335 e. The summed E-state index contributed by atoms with van der Waals surface area (Å²) < 4.78 is 0. The molecule has 3 fully saturated rings. The van der Waals surface area contributed by atoms with Crippen LogP contribution in [0.4, 0.5) is 10.5 Å². The molecule has 2 aliphatic carbocycles. The van der Waals surface area contributed by atoms with Gasteiger partial charge in [-0.1, -0.05) is 39.0 Å². The highest BCUT2D eigenvalue weighted by atomic mass is 16.2. The second kappa shape index (κ2) is 6.54. The molecular formula is C22H31N3O2. The topological polar surface area (TPSA) is 61.4 Å². The van der Waals surface area contributed by atoms with Gasteiger partial charge in [-0.25, -0.2) is 4.79 Å². The van der Waals surface area contributed by atoms with Gasteiger partial charge in [-0.2, -0.15) is 0 Å².